The second-order valence-corrected chi connectivity index (χ2v) is 6.26. The summed E-state index contributed by atoms with van der Waals surface area (Å²) in [6.07, 6.45) is 1.20. The van der Waals surface area contributed by atoms with Gasteiger partial charge in [0.25, 0.3) is 17.7 Å². The van der Waals surface area contributed by atoms with Gasteiger partial charge in [-0.2, -0.15) is 5.01 Å². The van der Waals surface area contributed by atoms with E-state index in [0.29, 0.717) is 17.9 Å². The van der Waals surface area contributed by atoms with Gasteiger partial charge in [0.05, 0.1) is 30.7 Å². The number of fused-ring (bicyclic) bond motifs is 5. The van der Waals surface area contributed by atoms with Crippen molar-refractivity contribution in [3.63, 3.8) is 0 Å². The Hall–Kier alpha value is -2.41. The van der Waals surface area contributed by atoms with Crippen LogP contribution in [-0.2, 0) is 14.3 Å². The van der Waals surface area contributed by atoms with Crippen molar-refractivity contribution in [3.8, 4) is 5.75 Å². The first-order chi connectivity index (χ1) is 11.6. The summed E-state index contributed by atoms with van der Waals surface area (Å²) in [5.41, 5.74) is 2.78. The van der Waals surface area contributed by atoms with Crippen molar-refractivity contribution < 1.29 is 23.9 Å². The normalized spacial score (nSPS) is 30.6. The van der Waals surface area contributed by atoms with Gasteiger partial charge in [-0.05, 0) is 38.0 Å². The van der Waals surface area contributed by atoms with Crippen LogP contribution in [0.4, 0.5) is 0 Å². The van der Waals surface area contributed by atoms with Crippen LogP contribution in [0.3, 0.4) is 0 Å². The molecule has 3 amide bonds. The molecular formula is C17H18N2O5. The summed E-state index contributed by atoms with van der Waals surface area (Å²) in [6.45, 7) is 2.34. The molecule has 0 aliphatic carbocycles. The van der Waals surface area contributed by atoms with E-state index in [0.717, 1.165) is 17.9 Å². The maximum Gasteiger partial charge on any atom is 0.270 e. The van der Waals surface area contributed by atoms with Gasteiger partial charge in [-0.3, -0.25) is 19.8 Å². The van der Waals surface area contributed by atoms with E-state index >= 15 is 0 Å². The van der Waals surface area contributed by atoms with Crippen LogP contribution >= 0.6 is 0 Å². The maximum absolute atomic E-state index is 12.5. The third-order valence-electron chi connectivity index (χ3n) is 4.90. The number of ether oxygens (including phenoxy) is 2. The molecule has 4 atom stereocenters. The minimum absolute atomic E-state index is 0.195. The molecule has 7 nitrogen and oxygen atoms in total. The molecule has 4 rings (SSSR count). The molecule has 3 fully saturated rings. The monoisotopic (exact) mass is 330 g/mol. The highest BCUT2D eigenvalue weighted by Crippen LogP contribution is 2.48. The largest absolute Gasteiger partial charge is 0.494 e. The lowest BCUT2D eigenvalue weighted by atomic mass is 9.81. The van der Waals surface area contributed by atoms with Crippen LogP contribution in [0.1, 0.15) is 30.1 Å². The summed E-state index contributed by atoms with van der Waals surface area (Å²) in [6, 6.07) is 6.62. The molecule has 0 radical (unpaired) electrons. The lowest BCUT2D eigenvalue weighted by Crippen LogP contribution is -2.47. The summed E-state index contributed by atoms with van der Waals surface area (Å²) in [7, 11) is 0. The Morgan fingerprint density at radius 3 is 2.54 bits per heavy atom. The fourth-order valence-electron chi connectivity index (χ4n) is 3.88. The number of carbonyl (C=O) groups is 3. The minimum atomic E-state index is -0.508. The van der Waals surface area contributed by atoms with Crippen LogP contribution in [0.5, 0.6) is 5.75 Å². The van der Waals surface area contributed by atoms with Gasteiger partial charge < -0.3 is 9.47 Å². The van der Waals surface area contributed by atoms with Gasteiger partial charge in [0.2, 0.25) is 0 Å². The van der Waals surface area contributed by atoms with E-state index < -0.39 is 17.7 Å². The zero-order chi connectivity index (χ0) is 16.8. The number of carbonyl (C=O) groups excluding carboxylic acids is 3. The topological polar surface area (TPSA) is 84.9 Å². The lowest BCUT2D eigenvalue weighted by molar-refractivity contribution is -0.145. The molecule has 0 spiro atoms. The molecule has 0 saturated carbocycles. The number of hydrogen-bond donors (Lipinski definition) is 1. The molecule has 0 unspecified atom stereocenters. The van der Waals surface area contributed by atoms with E-state index in [9.17, 15) is 14.4 Å². The number of nitrogens with zero attached hydrogens (tertiary/aromatic N) is 1. The average molecular weight is 330 g/mol. The Kier molecular flexibility index (Phi) is 3.53. The summed E-state index contributed by atoms with van der Waals surface area (Å²) >= 11 is 0. The van der Waals surface area contributed by atoms with Crippen LogP contribution in [0, 0.1) is 11.8 Å². The number of hydrazine groups is 1. The molecular weight excluding hydrogens is 312 g/mol. The standard InChI is InChI=1S/C17H18N2O5/c1-2-23-10-5-3-4-9(8-10)15(20)18-19-16(21)13-11-6-7-12(24-11)14(13)17(19)22/h3-5,8,11-14H,2,6-7H2,1H3,(H,18,20)/t11-,12-,13-,14-/m1/s1. The SMILES string of the molecule is CCOc1cccc(C(=O)NN2C(=O)[C@H]3[C@H](C2=O)[C@H]2CC[C@H]3O2)c1. The Bertz CT molecular complexity index is 691. The Morgan fingerprint density at radius 1 is 1.25 bits per heavy atom. The van der Waals surface area contributed by atoms with Crippen molar-refractivity contribution in [1.82, 2.24) is 10.4 Å². The van der Waals surface area contributed by atoms with Crippen LogP contribution in [-0.4, -0.2) is 41.5 Å². The van der Waals surface area contributed by atoms with Crippen LogP contribution in [0.2, 0.25) is 0 Å². The highest BCUT2D eigenvalue weighted by molar-refractivity contribution is 6.08. The Balaban J connectivity index is 1.51. The second kappa shape index (κ2) is 5.59. The second-order valence-electron chi connectivity index (χ2n) is 6.26. The van der Waals surface area contributed by atoms with Crippen molar-refractivity contribution in [2.75, 3.05) is 6.61 Å². The molecule has 24 heavy (non-hydrogen) atoms. The molecule has 1 aromatic carbocycles. The first-order valence-electron chi connectivity index (χ1n) is 8.17. The summed E-state index contributed by atoms with van der Waals surface area (Å²) in [5.74, 6) is -1.59. The minimum Gasteiger partial charge on any atom is -0.494 e. The predicted molar refractivity (Wildman–Crippen MR) is 81.8 cm³/mol. The smallest absolute Gasteiger partial charge is 0.270 e. The van der Waals surface area contributed by atoms with Gasteiger partial charge in [-0.1, -0.05) is 6.07 Å². The lowest BCUT2D eigenvalue weighted by Gasteiger charge is -2.18. The van der Waals surface area contributed by atoms with Gasteiger partial charge in [0, 0.05) is 5.56 Å². The van der Waals surface area contributed by atoms with Gasteiger partial charge in [-0.25, -0.2) is 0 Å². The summed E-state index contributed by atoms with van der Waals surface area (Å²) < 4.78 is 11.0. The molecule has 3 aliphatic heterocycles. The van der Waals surface area contributed by atoms with Crippen molar-refractivity contribution in [1.29, 1.82) is 0 Å². The fraction of sp³-hybridized carbons (Fsp3) is 0.471. The predicted octanol–water partition coefficient (Wildman–Crippen LogP) is 0.892. The van der Waals surface area contributed by atoms with E-state index in [1.54, 1.807) is 24.3 Å². The van der Waals surface area contributed by atoms with E-state index in [2.05, 4.69) is 5.43 Å². The molecule has 1 N–H and O–H groups in total. The zero-order valence-corrected chi connectivity index (χ0v) is 13.2. The number of hydrogen-bond acceptors (Lipinski definition) is 5. The number of imide groups is 1. The van der Waals surface area contributed by atoms with Gasteiger partial charge in [0.15, 0.2) is 0 Å². The molecule has 0 aromatic heterocycles. The molecule has 3 aliphatic rings. The molecule has 3 saturated heterocycles. The molecule has 126 valence electrons. The molecule has 3 heterocycles. The van der Waals surface area contributed by atoms with Crippen molar-refractivity contribution in [2.24, 2.45) is 11.8 Å². The van der Waals surface area contributed by atoms with E-state index in [-0.39, 0.29) is 24.0 Å². The Morgan fingerprint density at radius 2 is 1.92 bits per heavy atom. The zero-order valence-electron chi connectivity index (χ0n) is 13.2. The van der Waals surface area contributed by atoms with Crippen LogP contribution < -0.4 is 10.2 Å². The van der Waals surface area contributed by atoms with Crippen molar-refractivity contribution in [2.45, 2.75) is 32.0 Å². The number of amides is 3. The van der Waals surface area contributed by atoms with Crippen molar-refractivity contribution in [3.05, 3.63) is 29.8 Å². The number of nitrogens with one attached hydrogen (secondary N) is 1. The van der Waals surface area contributed by atoms with E-state index in [4.69, 9.17) is 9.47 Å². The molecule has 2 bridgehead atoms. The first kappa shape index (κ1) is 15.1. The highest BCUT2D eigenvalue weighted by Gasteiger charge is 2.62. The van der Waals surface area contributed by atoms with Gasteiger partial charge >= 0.3 is 0 Å². The highest BCUT2D eigenvalue weighted by atomic mass is 16.5. The van der Waals surface area contributed by atoms with Crippen molar-refractivity contribution >= 4 is 17.7 Å². The Labute approximate surface area is 138 Å². The maximum atomic E-state index is 12.5. The third kappa shape index (κ3) is 2.19. The van der Waals surface area contributed by atoms with Gasteiger partial charge in [0.1, 0.15) is 5.75 Å². The van der Waals surface area contributed by atoms with E-state index in [1.807, 2.05) is 6.92 Å². The number of rotatable bonds is 4. The van der Waals surface area contributed by atoms with E-state index in [1.165, 1.54) is 0 Å². The molecule has 7 heteroatoms. The summed E-state index contributed by atoms with van der Waals surface area (Å²) in [5, 5.41) is 0.874. The third-order valence-corrected chi connectivity index (χ3v) is 4.90. The average Bonchev–Trinajstić information content (AvgIpc) is 3.25. The van der Waals surface area contributed by atoms with Crippen LogP contribution in [0.25, 0.3) is 0 Å². The number of benzene rings is 1. The quantitative estimate of drug-likeness (QED) is 0.829. The van der Waals surface area contributed by atoms with Gasteiger partial charge in [-0.15, -0.1) is 0 Å². The summed E-state index contributed by atoms with van der Waals surface area (Å²) in [4.78, 5) is 37.4. The van der Waals surface area contributed by atoms with Crippen LogP contribution in [0.15, 0.2) is 24.3 Å². The first-order valence-corrected chi connectivity index (χ1v) is 8.17. The fourth-order valence-corrected chi connectivity index (χ4v) is 3.88. The molecule has 1 aromatic rings.